The van der Waals surface area contributed by atoms with Crippen LogP contribution in [-0.2, 0) is 18.8 Å². The molecule has 7 heteroatoms. The summed E-state index contributed by atoms with van der Waals surface area (Å²) in [5, 5.41) is 0. The van der Waals surface area contributed by atoms with Crippen LogP contribution in [0.5, 0.6) is 0 Å². The van der Waals surface area contributed by atoms with Crippen molar-refractivity contribution in [3.8, 4) is 0 Å². The normalized spacial score (nSPS) is 30.8. The van der Waals surface area contributed by atoms with Crippen molar-refractivity contribution in [3.05, 3.63) is 11.4 Å². The van der Waals surface area contributed by atoms with Gasteiger partial charge in [0.15, 0.2) is 0 Å². The highest BCUT2D eigenvalue weighted by Crippen LogP contribution is 2.40. The van der Waals surface area contributed by atoms with Crippen molar-refractivity contribution in [2.24, 2.45) is 0 Å². The average Bonchev–Trinajstić information content (AvgIpc) is 2.60. The fraction of sp³-hybridized carbons (Fsp3) is 0.812. The van der Waals surface area contributed by atoms with Gasteiger partial charge in [-0.25, -0.2) is 4.79 Å². The largest absolute Gasteiger partial charge is 0.534 e. The molecule has 0 aromatic carbocycles. The number of amides is 1. The van der Waals surface area contributed by atoms with Crippen LogP contribution in [0.1, 0.15) is 60.9 Å². The van der Waals surface area contributed by atoms with E-state index in [1.54, 1.807) is 20.8 Å². The van der Waals surface area contributed by atoms with Crippen molar-refractivity contribution in [1.82, 2.24) is 4.90 Å². The molecule has 2 aliphatic rings. The van der Waals surface area contributed by atoms with Crippen LogP contribution in [0.4, 0.5) is 4.79 Å². The van der Waals surface area contributed by atoms with Crippen molar-refractivity contribution in [2.45, 2.75) is 72.2 Å². The van der Waals surface area contributed by atoms with Crippen LogP contribution in [0.3, 0.4) is 0 Å². The predicted octanol–water partition coefficient (Wildman–Crippen LogP) is 3.12. The van der Waals surface area contributed by atoms with Gasteiger partial charge in [-0.05, 0) is 55.4 Å². The third kappa shape index (κ3) is 3.66. The van der Waals surface area contributed by atoms with Gasteiger partial charge in [-0.1, -0.05) is 0 Å². The zero-order valence-electron chi connectivity index (χ0n) is 19.1. The summed E-state index contributed by atoms with van der Waals surface area (Å²) in [5.74, 6) is 0. The molecule has 6 nitrogen and oxygen atoms in total. The van der Waals surface area contributed by atoms with Crippen LogP contribution in [0.2, 0.25) is 0 Å². The molecule has 0 aliphatic carbocycles. The van der Waals surface area contributed by atoms with Gasteiger partial charge in [0.2, 0.25) is 0 Å². The topological polar surface area (TPSA) is 57.2 Å². The van der Waals surface area contributed by atoms with Crippen molar-refractivity contribution < 1.29 is 29.1 Å². The molecule has 0 N–H and O–H groups in total. The summed E-state index contributed by atoms with van der Waals surface area (Å²) < 4.78 is 54.8. The van der Waals surface area contributed by atoms with E-state index in [4.69, 9.17) is 24.3 Å². The zero-order valence-corrected chi connectivity index (χ0v) is 15.1. The van der Waals surface area contributed by atoms with Gasteiger partial charge in [0, 0.05) is 0 Å². The fourth-order valence-electron chi connectivity index (χ4n) is 2.05. The molecule has 1 saturated heterocycles. The second-order valence-electron chi connectivity index (χ2n) is 7.67. The maximum atomic E-state index is 12.7. The first-order valence-electron chi connectivity index (χ1n) is 9.61. The molecule has 23 heavy (non-hydrogen) atoms. The lowest BCUT2D eigenvalue weighted by Gasteiger charge is -2.32. The summed E-state index contributed by atoms with van der Waals surface area (Å²) in [4.78, 5) is 13.3. The number of ether oxygens (including phenoxy) is 2. The third-order valence-electron chi connectivity index (χ3n) is 4.05. The van der Waals surface area contributed by atoms with Crippen LogP contribution < -0.4 is 0 Å². The van der Waals surface area contributed by atoms with Crippen molar-refractivity contribution in [1.29, 1.82) is 0 Å². The minimum atomic E-state index is -2.84. The second-order valence-corrected chi connectivity index (χ2v) is 7.67. The molecule has 0 atom stereocenters. The van der Waals surface area contributed by atoms with E-state index in [2.05, 4.69) is 0 Å². The molecule has 2 aliphatic heterocycles. The maximum Gasteiger partial charge on any atom is 0.534 e. The summed E-state index contributed by atoms with van der Waals surface area (Å²) in [5.41, 5.74) is -2.38. The monoisotopic (exact) mass is 329 g/mol. The molecule has 2 heterocycles. The van der Waals surface area contributed by atoms with E-state index in [-0.39, 0.29) is 11.4 Å². The van der Waals surface area contributed by atoms with Gasteiger partial charge in [0.1, 0.15) is 17.8 Å². The van der Waals surface area contributed by atoms with E-state index < -0.39 is 43.1 Å². The summed E-state index contributed by atoms with van der Waals surface area (Å²) >= 11 is 0. The Bertz CT molecular complexity index is 656. The number of allylic oxidation sites excluding steroid dienone is 1. The van der Waals surface area contributed by atoms with Gasteiger partial charge in [0.05, 0.1) is 28.9 Å². The first-order valence-corrected chi connectivity index (χ1v) is 7.61. The van der Waals surface area contributed by atoms with Gasteiger partial charge in [-0.15, -0.1) is 0 Å². The number of carbonyl (C=O) groups is 1. The number of rotatable bonds is 1. The lowest BCUT2D eigenvalue weighted by Crippen LogP contribution is -2.43. The van der Waals surface area contributed by atoms with Gasteiger partial charge >= 0.3 is 13.2 Å². The molecule has 0 unspecified atom stereocenters. The minimum Gasteiger partial charge on any atom is -0.498 e. The smallest absolute Gasteiger partial charge is 0.498 e. The minimum absolute atomic E-state index is 0.0304. The first kappa shape index (κ1) is 13.1. The van der Waals surface area contributed by atoms with Crippen molar-refractivity contribution >= 4 is 13.2 Å². The molecular weight excluding hydrogens is 297 g/mol. The molecule has 0 spiro atoms. The molecule has 1 amide bonds. The van der Waals surface area contributed by atoms with Gasteiger partial charge in [-0.2, -0.15) is 0 Å². The van der Waals surface area contributed by atoms with Crippen LogP contribution in [-0.4, -0.2) is 48.0 Å². The molecule has 130 valence electrons. The molecule has 0 aromatic rings. The van der Waals surface area contributed by atoms with Crippen LogP contribution in [0, 0.1) is 0 Å². The fourth-order valence-corrected chi connectivity index (χ4v) is 2.05. The SMILES string of the molecule is [2H]C1([2H])OC(B2OC(C)(C)C(C)(C)O2)=C(C)N(C(=O)OC(C)(C)C)C1([2H])[2H]. The van der Waals surface area contributed by atoms with Crippen LogP contribution in [0.15, 0.2) is 11.4 Å². The Balaban J connectivity index is 2.51. The Kier molecular flexibility index (Phi) is 3.26. The van der Waals surface area contributed by atoms with E-state index in [1.807, 2.05) is 27.7 Å². The number of carbonyl (C=O) groups excluding carboxylic acids is 1. The summed E-state index contributed by atoms with van der Waals surface area (Å²) in [7, 11) is -1.09. The molecule has 0 bridgehead atoms. The highest BCUT2D eigenvalue weighted by atomic mass is 16.7. The first-order chi connectivity index (χ1) is 11.8. The number of hydrogen-bond donors (Lipinski definition) is 0. The molecule has 0 saturated carbocycles. The summed E-state index contributed by atoms with van der Waals surface area (Å²) in [6.45, 7) is 8.02. The lowest BCUT2D eigenvalue weighted by molar-refractivity contribution is 0.00578. The van der Waals surface area contributed by atoms with Crippen LogP contribution >= 0.6 is 0 Å². The Labute approximate surface area is 144 Å². The average molecular weight is 329 g/mol. The Hall–Kier alpha value is -1.21. The zero-order chi connectivity index (χ0) is 21.2. The lowest BCUT2D eigenvalue weighted by atomic mass is 9.84. The maximum absolute atomic E-state index is 12.7. The highest BCUT2D eigenvalue weighted by molar-refractivity contribution is 6.54. The van der Waals surface area contributed by atoms with Crippen LogP contribution in [0.25, 0.3) is 0 Å². The Morgan fingerprint density at radius 1 is 1.26 bits per heavy atom. The van der Waals surface area contributed by atoms with E-state index in [0.717, 1.165) is 0 Å². The van der Waals surface area contributed by atoms with Gasteiger partial charge in [0.25, 0.3) is 0 Å². The second kappa shape index (κ2) is 5.70. The van der Waals surface area contributed by atoms with E-state index in [0.29, 0.717) is 4.90 Å². The standard InChI is InChI=1S/C16H28BNO5/c1-11-12(17-22-15(5,6)16(7,8)23-17)20-10-9-18(11)13(19)21-14(2,3)4/h9-10H2,1-8H3/i9D2,10D2. The highest BCUT2D eigenvalue weighted by Gasteiger charge is 2.54. The third-order valence-corrected chi connectivity index (χ3v) is 4.05. The Morgan fingerprint density at radius 2 is 1.78 bits per heavy atom. The summed E-state index contributed by atoms with van der Waals surface area (Å²) in [6, 6.07) is 0. The molecule has 2 rings (SSSR count). The predicted molar refractivity (Wildman–Crippen MR) is 87.7 cm³/mol. The number of nitrogens with zero attached hydrogens (tertiary/aromatic N) is 1. The molecule has 0 aromatic heterocycles. The van der Waals surface area contributed by atoms with Crippen molar-refractivity contribution in [2.75, 3.05) is 13.1 Å². The van der Waals surface area contributed by atoms with Gasteiger partial charge in [-0.3, -0.25) is 4.90 Å². The quantitative estimate of drug-likeness (QED) is 0.692. The number of hydrogen-bond acceptors (Lipinski definition) is 5. The molecule has 1 fully saturated rings. The van der Waals surface area contributed by atoms with E-state index >= 15 is 0 Å². The Morgan fingerprint density at radius 3 is 2.26 bits per heavy atom. The van der Waals surface area contributed by atoms with Crippen molar-refractivity contribution in [3.63, 3.8) is 0 Å². The summed E-state index contributed by atoms with van der Waals surface area (Å²) in [6.07, 6.45) is -1.02. The van der Waals surface area contributed by atoms with Gasteiger partial charge < -0.3 is 18.8 Å². The molecular formula is C16H28BNO5. The van der Waals surface area contributed by atoms with E-state index in [1.165, 1.54) is 6.92 Å². The molecule has 0 radical (unpaired) electrons. The van der Waals surface area contributed by atoms with E-state index in [9.17, 15) is 4.79 Å².